The van der Waals surface area contributed by atoms with Crippen molar-refractivity contribution in [2.75, 3.05) is 17.2 Å². The first-order valence-electron chi connectivity index (χ1n) is 8.17. The summed E-state index contributed by atoms with van der Waals surface area (Å²) in [5.74, 6) is 0.0230. The lowest BCUT2D eigenvalue weighted by Crippen LogP contribution is -2.13. The Morgan fingerprint density at radius 2 is 1.77 bits per heavy atom. The maximum atomic E-state index is 12.9. The summed E-state index contributed by atoms with van der Waals surface area (Å²) in [5, 5.41) is 5.89. The van der Waals surface area contributed by atoms with E-state index in [1.807, 2.05) is 31.2 Å². The first kappa shape index (κ1) is 17.4. The number of pyridine rings is 1. The summed E-state index contributed by atoms with van der Waals surface area (Å²) in [6.45, 7) is 2.49. The molecule has 1 heterocycles. The Morgan fingerprint density at radius 1 is 1.04 bits per heavy atom. The summed E-state index contributed by atoms with van der Waals surface area (Å²) in [6.07, 6.45) is 1.57. The molecule has 5 nitrogen and oxygen atoms in total. The van der Waals surface area contributed by atoms with Crippen LogP contribution in [0, 0.1) is 5.82 Å². The smallest absolute Gasteiger partial charge is 0.274 e. The van der Waals surface area contributed by atoms with Gasteiger partial charge in [-0.1, -0.05) is 12.1 Å². The Kier molecular flexibility index (Phi) is 5.43. The molecule has 0 unspecified atom stereocenters. The van der Waals surface area contributed by atoms with Gasteiger partial charge in [-0.15, -0.1) is 0 Å². The second kappa shape index (κ2) is 8.11. The van der Waals surface area contributed by atoms with Crippen LogP contribution >= 0.6 is 0 Å². The zero-order valence-corrected chi connectivity index (χ0v) is 14.2. The first-order chi connectivity index (χ1) is 12.7. The number of benzene rings is 2. The van der Waals surface area contributed by atoms with Crippen molar-refractivity contribution in [3.63, 3.8) is 0 Å². The lowest BCUT2D eigenvalue weighted by molar-refractivity contribution is 0.102. The van der Waals surface area contributed by atoms with Gasteiger partial charge in [0.05, 0.1) is 24.2 Å². The van der Waals surface area contributed by atoms with Gasteiger partial charge in [0.2, 0.25) is 0 Å². The molecule has 26 heavy (non-hydrogen) atoms. The SMILES string of the molecule is CCOc1ccccc1Nc1ccc(C(=O)Nc2ccc(F)cc2)nc1. The van der Waals surface area contributed by atoms with E-state index in [1.165, 1.54) is 24.3 Å². The average Bonchev–Trinajstić information content (AvgIpc) is 2.66. The molecule has 0 atom stereocenters. The molecule has 1 aromatic heterocycles. The summed E-state index contributed by atoms with van der Waals surface area (Å²) >= 11 is 0. The molecule has 0 spiro atoms. The Bertz CT molecular complexity index is 880. The molecule has 2 N–H and O–H groups in total. The average molecular weight is 351 g/mol. The molecule has 0 aliphatic heterocycles. The molecule has 2 aromatic carbocycles. The van der Waals surface area contributed by atoms with Gasteiger partial charge in [-0.3, -0.25) is 4.79 Å². The van der Waals surface area contributed by atoms with E-state index in [4.69, 9.17) is 4.74 Å². The topological polar surface area (TPSA) is 63.2 Å². The minimum Gasteiger partial charge on any atom is -0.492 e. The van der Waals surface area contributed by atoms with Crippen LogP contribution in [0.4, 0.5) is 21.5 Å². The van der Waals surface area contributed by atoms with E-state index < -0.39 is 0 Å². The second-order valence-electron chi connectivity index (χ2n) is 5.45. The number of nitrogens with one attached hydrogen (secondary N) is 2. The summed E-state index contributed by atoms with van der Waals surface area (Å²) < 4.78 is 18.5. The molecule has 6 heteroatoms. The third-order valence-corrected chi connectivity index (χ3v) is 3.56. The number of carbonyl (C=O) groups is 1. The van der Waals surface area contributed by atoms with Crippen molar-refractivity contribution >= 4 is 23.0 Å². The van der Waals surface area contributed by atoms with Crippen molar-refractivity contribution in [3.8, 4) is 5.75 Å². The first-order valence-corrected chi connectivity index (χ1v) is 8.17. The van der Waals surface area contributed by atoms with Gasteiger partial charge in [-0.05, 0) is 55.5 Å². The molecule has 3 aromatic rings. The van der Waals surface area contributed by atoms with Crippen LogP contribution in [0.15, 0.2) is 66.9 Å². The highest BCUT2D eigenvalue weighted by Gasteiger charge is 2.09. The van der Waals surface area contributed by atoms with Crippen molar-refractivity contribution in [3.05, 3.63) is 78.4 Å². The second-order valence-corrected chi connectivity index (χ2v) is 5.45. The van der Waals surface area contributed by atoms with Crippen LogP contribution in [0.2, 0.25) is 0 Å². The fourth-order valence-corrected chi connectivity index (χ4v) is 2.34. The molecular formula is C20H18FN3O2. The van der Waals surface area contributed by atoms with Crippen molar-refractivity contribution in [2.45, 2.75) is 6.92 Å². The van der Waals surface area contributed by atoms with Crippen LogP contribution in [0.3, 0.4) is 0 Å². The van der Waals surface area contributed by atoms with Crippen molar-refractivity contribution in [1.29, 1.82) is 0 Å². The largest absolute Gasteiger partial charge is 0.492 e. The summed E-state index contributed by atoms with van der Waals surface area (Å²) in [4.78, 5) is 16.4. The van der Waals surface area contributed by atoms with Gasteiger partial charge in [0.25, 0.3) is 5.91 Å². The Labute approximate surface area is 150 Å². The molecule has 0 aliphatic rings. The monoisotopic (exact) mass is 351 g/mol. The standard InChI is InChI=1S/C20H18FN3O2/c1-2-26-19-6-4-3-5-17(19)23-16-11-12-18(22-13-16)20(25)24-15-9-7-14(21)8-10-15/h3-13,23H,2H2,1H3,(H,24,25). The van der Waals surface area contributed by atoms with Crippen LogP contribution in [0.25, 0.3) is 0 Å². The van der Waals surface area contributed by atoms with Crippen molar-refractivity contribution in [2.24, 2.45) is 0 Å². The van der Waals surface area contributed by atoms with E-state index in [1.54, 1.807) is 18.3 Å². The number of amides is 1. The van der Waals surface area contributed by atoms with Gasteiger partial charge in [0.15, 0.2) is 0 Å². The van der Waals surface area contributed by atoms with Crippen LogP contribution < -0.4 is 15.4 Å². The highest BCUT2D eigenvalue weighted by molar-refractivity contribution is 6.02. The summed E-state index contributed by atoms with van der Waals surface area (Å²) in [6, 6.07) is 16.5. The number of carbonyl (C=O) groups excluding carboxylic acids is 1. The third-order valence-electron chi connectivity index (χ3n) is 3.56. The molecule has 3 rings (SSSR count). The maximum Gasteiger partial charge on any atom is 0.274 e. The minimum absolute atomic E-state index is 0.262. The van der Waals surface area contributed by atoms with Gasteiger partial charge >= 0.3 is 0 Å². The highest BCUT2D eigenvalue weighted by Crippen LogP contribution is 2.27. The van der Waals surface area contributed by atoms with Crippen molar-refractivity contribution in [1.82, 2.24) is 4.98 Å². The van der Waals surface area contributed by atoms with E-state index >= 15 is 0 Å². The molecule has 0 saturated carbocycles. The molecule has 132 valence electrons. The normalized spacial score (nSPS) is 10.2. The Hall–Kier alpha value is -3.41. The lowest BCUT2D eigenvalue weighted by atomic mass is 10.2. The molecule has 0 saturated heterocycles. The minimum atomic E-state index is -0.363. The van der Waals surface area contributed by atoms with Crippen LogP contribution in [0.5, 0.6) is 5.75 Å². The predicted molar refractivity (Wildman–Crippen MR) is 99.5 cm³/mol. The van der Waals surface area contributed by atoms with E-state index in [-0.39, 0.29) is 17.4 Å². The van der Waals surface area contributed by atoms with E-state index in [0.29, 0.717) is 12.3 Å². The number of hydrogen-bond acceptors (Lipinski definition) is 4. The van der Waals surface area contributed by atoms with Crippen molar-refractivity contribution < 1.29 is 13.9 Å². The maximum absolute atomic E-state index is 12.9. The molecule has 1 amide bonds. The molecule has 0 radical (unpaired) electrons. The van der Waals surface area contributed by atoms with Gasteiger partial charge in [0.1, 0.15) is 17.3 Å². The number of aromatic nitrogens is 1. The molecule has 0 bridgehead atoms. The number of hydrogen-bond donors (Lipinski definition) is 2. The third kappa shape index (κ3) is 4.36. The summed E-state index contributed by atoms with van der Waals surface area (Å²) in [7, 11) is 0. The Morgan fingerprint density at radius 3 is 2.46 bits per heavy atom. The van der Waals surface area contributed by atoms with E-state index in [9.17, 15) is 9.18 Å². The number of para-hydroxylation sites is 2. The lowest BCUT2D eigenvalue weighted by Gasteiger charge is -2.12. The van der Waals surface area contributed by atoms with Crippen LogP contribution in [-0.4, -0.2) is 17.5 Å². The van der Waals surface area contributed by atoms with Crippen LogP contribution in [-0.2, 0) is 0 Å². The summed E-state index contributed by atoms with van der Waals surface area (Å²) in [5.41, 5.74) is 2.32. The predicted octanol–water partition coefficient (Wildman–Crippen LogP) is 4.62. The number of ether oxygens (including phenoxy) is 1. The fraction of sp³-hybridized carbons (Fsp3) is 0.100. The number of anilines is 3. The molecule has 0 aliphatic carbocycles. The number of nitrogens with zero attached hydrogens (tertiary/aromatic N) is 1. The quantitative estimate of drug-likeness (QED) is 0.680. The van der Waals surface area contributed by atoms with Gasteiger partial charge in [-0.2, -0.15) is 0 Å². The molecule has 0 fully saturated rings. The number of halogens is 1. The van der Waals surface area contributed by atoms with Gasteiger partial charge in [0, 0.05) is 5.69 Å². The Balaban J connectivity index is 1.68. The van der Waals surface area contributed by atoms with Crippen LogP contribution in [0.1, 0.15) is 17.4 Å². The van der Waals surface area contributed by atoms with Gasteiger partial charge < -0.3 is 15.4 Å². The number of rotatable bonds is 6. The van der Waals surface area contributed by atoms with E-state index in [2.05, 4.69) is 15.6 Å². The van der Waals surface area contributed by atoms with E-state index in [0.717, 1.165) is 17.1 Å². The zero-order valence-electron chi connectivity index (χ0n) is 14.2. The molecular weight excluding hydrogens is 333 g/mol. The highest BCUT2D eigenvalue weighted by atomic mass is 19.1. The zero-order chi connectivity index (χ0) is 18.4. The fourth-order valence-electron chi connectivity index (χ4n) is 2.34. The van der Waals surface area contributed by atoms with Gasteiger partial charge in [-0.25, -0.2) is 9.37 Å².